The largest absolute Gasteiger partial charge is 0.374 e. The van der Waals surface area contributed by atoms with Gasteiger partial charge >= 0.3 is 0 Å². The summed E-state index contributed by atoms with van der Waals surface area (Å²) in [4.78, 5) is 0. The minimum Gasteiger partial charge on any atom is -0.374 e. The minimum absolute atomic E-state index is 0.195. The second-order valence-corrected chi connectivity index (χ2v) is 6.09. The van der Waals surface area contributed by atoms with Gasteiger partial charge in [0.2, 0.25) is 0 Å². The first-order valence-corrected chi connectivity index (χ1v) is 8.64. The fraction of sp³-hybridized carbons (Fsp3) is 0.429. The van der Waals surface area contributed by atoms with Gasteiger partial charge < -0.3 is 18.9 Å². The van der Waals surface area contributed by atoms with Gasteiger partial charge in [0.1, 0.15) is 6.10 Å². The fourth-order valence-electron chi connectivity index (χ4n) is 2.83. The van der Waals surface area contributed by atoms with Crippen LogP contribution in [0.15, 0.2) is 60.7 Å². The highest BCUT2D eigenvalue weighted by atomic mass is 16.7. The molecule has 0 aliphatic carbocycles. The van der Waals surface area contributed by atoms with Crippen molar-refractivity contribution < 1.29 is 20.3 Å². The molecule has 2 aromatic carbocycles. The maximum atomic E-state index is 8.17. The van der Waals surface area contributed by atoms with Crippen LogP contribution in [0.1, 0.15) is 25.3 Å². The number of benzene rings is 2. The van der Waals surface area contributed by atoms with E-state index in [9.17, 15) is 0 Å². The predicted molar refractivity (Wildman–Crippen MR) is 96.0 cm³/mol. The molecule has 2 aromatic rings. The summed E-state index contributed by atoms with van der Waals surface area (Å²) in [6.45, 7) is 1.42. The second-order valence-electron chi connectivity index (χ2n) is 6.09. The van der Waals surface area contributed by atoms with Gasteiger partial charge in [-0.1, -0.05) is 60.7 Å². The van der Waals surface area contributed by atoms with Gasteiger partial charge in [0, 0.05) is 14.9 Å². The monoisotopic (exact) mass is 343 g/mol. The van der Waals surface area contributed by atoms with Gasteiger partial charge in [-0.25, -0.2) is 0 Å². The Morgan fingerprint density at radius 1 is 1.00 bits per heavy atom. The summed E-state index contributed by atoms with van der Waals surface area (Å²) in [7, 11) is 1.57. The molecule has 1 fully saturated rings. The summed E-state index contributed by atoms with van der Waals surface area (Å²) in [5.41, 5.74) is 2.22. The van der Waals surface area contributed by atoms with Crippen LogP contribution < -0.4 is 0 Å². The van der Waals surface area contributed by atoms with Crippen molar-refractivity contribution in [2.24, 2.45) is 0 Å². The number of hydrogen-bond donors (Lipinski definition) is 0. The number of rotatable bonds is 8. The van der Waals surface area contributed by atoms with Crippen molar-refractivity contribution in [3.05, 3.63) is 71.8 Å². The van der Waals surface area contributed by atoms with Crippen LogP contribution in [0, 0.1) is 0 Å². The van der Waals surface area contributed by atoms with E-state index >= 15 is 0 Å². The molecule has 25 heavy (non-hydrogen) atoms. The molecule has 0 aromatic heterocycles. The van der Waals surface area contributed by atoms with Crippen LogP contribution in [0.5, 0.6) is 0 Å². The van der Waals surface area contributed by atoms with Crippen LogP contribution in [0.2, 0.25) is 0 Å². The van der Waals surface area contributed by atoms with Crippen LogP contribution in [0.4, 0.5) is 0 Å². The average Bonchev–Trinajstić information content (AvgIpc) is 2.69. The Kier molecular flexibility index (Phi) is 6.48. The molecule has 4 heteroatoms. The topological polar surface area (TPSA) is 36.9 Å². The molecule has 0 spiro atoms. The molecule has 4 atom stereocenters. The fourth-order valence-corrected chi connectivity index (χ4v) is 2.83. The van der Waals surface area contributed by atoms with E-state index in [0.29, 0.717) is 26.2 Å². The SMILES string of the molecule is [2H]C1C[C@H](OCc2ccccc2)[C@@H](COCc2ccccc2)O[C@@H]1OC. The Labute approximate surface area is 151 Å². The van der Waals surface area contributed by atoms with Crippen LogP contribution in [-0.4, -0.2) is 32.2 Å². The molecule has 134 valence electrons. The molecule has 3 rings (SSSR count). The van der Waals surface area contributed by atoms with Crippen LogP contribution in [0.25, 0.3) is 0 Å². The zero-order chi connectivity index (χ0) is 18.2. The summed E-state index contributed by atoms with van der Waals surface area (Å²) in [6.07, 6.45) is -0.901. The first-order chi connectivity index (χ1) is 12.8. The highest BCUT2D eigenvalue weighted by molar-refractivity contribution is 5.14. The molecule has 0 amide bonds. The number of ether oxygens (including phenoxy) is 4. The minimum atomic E-state index is -0.545. The highest BCUT2D eigenvalue weighted by Crippen LogP contribution is 2.24. The normalized spacial score (nSPS) is 27.0. The molecule has 1 aliphatic rings. The van der Waals surface area contributed by atoms with Crippen molar-refractivity contribution in [2.45, 2.75) is 44.5 Å². The summed E-state index contributed by atoms with van der Waals surface area (Å²) in [5, 5.41) is 0. The molecular formula is C21H26O4. The number of methoxy groups -OCH3 is 1. The molecule has 1 heterocycles. The lowest BCUT2D eigenvalue weighted by Crippen LogP contribution is -2.43. The molecule has 1 saturated heterocycles. The summed E-state index contributed by atoms with van der Waals surface area (Å²) < 4.78 is 31.3. The van der Waals surface area contributed by atoms with E-state index in [1.807, 2.05) is 60.7 Å². The Morgan fingerprint density at radius 2 is 1.64 bits per heavy atom. The van der Waals surface area contributed by atoms with Gasteiger partial charge in [0.15, 0.2) is 6.29 Å². The lowest BCUT2D eigenvalue weighted by Gasteiger charge is -2.35. The molecule has 0 radical (unpaired) electrons. The molecular weight excluding hydrogens is 316 g/mol. The quantitative estimate of drug-likeness (QED) is 0.727. The lowest BCUT2D eigenvalue weighted by molar-refractivity contribution is -0.234. The van der Waals surface area contributed by atoms with Crippen LogP contribution >= 0.6 is 0 Å². The Hall–Kier alpha value is -1.72. The van der Waals surface area contributed by atoms with Gasteiger partial charge in [-0.3, -0.25) is 0 Å². The van der Waals surface area contributed by atoms with E-state index < -0.39 is 12.7 Å². The Bertz CT molecular complexity index is 637. The van der Waals surface area contributed by atoms with Crippen molar-refractivity contribution >= 4 is 0 Å². The van der Waals surface area contributed by atoms with Gasteiger partial charge in [0.05, 0.1) is 25.9 Å². The van der Waals surface area contributed by atoms with Crippen molar-refractivity contribution in [3.63, 3.8) is 0 Å². The van der Waals surface area contributed by atoms with Crippen molar-refractivity contribution in [2.75, 3.05) is 13.7 Å². The summed E-state index contributed by atoms with van der Waals surface area (Å²) in [6, 6.07) is 20.1. The van der Waals surface area contributed by atoms with Crippen molar-refractivity contribution in [1.29, 1.82) is 0 Å². The maximum Gasteiger partial charge on any atom is 0.157 e. The average molecular weight is 343 g/mol. The van der Waals surface area contributed by atoms with Gasteiger partial charge in [-0.2, -0.15) is 0 Å². The van der Waals surface area contributed by atoms with Gasteiger partial charge in [0.25, 0.3) is 0 Å². The molecule has 0 saturated carbocycles. The standard InChI is InChI=1S/C21H26O4/c1-22-21-13-12-19(24-15-18-10-6-3-7-11-18)20(25-21)16-23-14-17-8-4-2-5-9-17/h2-11,19-21H,12-16H2,1H3/t19-,20+,21-/m0/s1/i13D/t13?,19-,20+,21-. The summed E-state index contributed by atoms with van der Waals surface area (Å²) >= 11 is 0. The molecule has 1 unspecified atom stereocenters. The molecule has 4 nitrogen and oxygen atoms in total. The van der Waals surface area contributed by atoms with E-state index in [-0.39, 0.29) is 12.2 Å². The van der Waals surface area contributed by atoms with E-state index in [1.165, 1.54) is 0 Å². The lowest BCUT2D eigenvalue weighted by atomic mass is 10.0. The summed E-state index contributed by atoms with van der Waals surface area (Å²) in [5.74, 6) is 0. The van der Waals surface area contributed by atoms with E-state index in [2.05, 4.69) is 0 Å². The zero-order valence-corrected chi connectivity index (χ0v) is 14.5. The van der Waals surface area contributed by atoms with E-state index in [1.54, 1.807) is 7.11 Å². The molecule has 0 bridgehead atoms. The third kappa shape index (κ3) is 5.65. The molecule has 0 N–H and O–H groups in total. The maximum absolute atomic E-state index is 8.17. The van der Waals surface area contributed by atoms with Crippen LogP contribution in [0.3, 0.4) is 0 Å². The third-order valence-electron chi connectivity index (χ3n) is 4.22. The second kappa shape index (κ2) is 9.68. The first kappa shape index (κ1) is 16.7. The van der Waals surface area contributed by atoms with Gasteiger partial charge in [-0.05, 0) is 17.5 Å². The Balaban J connectivity index is 1.56. The van der Waals surface area contributed by atoms with Crippen molar-refractivity contribution in [3.8, 4) is 0 Å². The van der Waals surface area contributed by atoms with E-state index in [0.717, 1.165) is 11.1 Å². The highest BCUT2D eigenvalue weighted by Gasteiger charge is 2.32. The predicted octanol–water partition coefficient (Wildman–Crippen LogP) is 3.94. The smallest absolute Gasteiger partial charge is 0.157 e. The van der Waals surface area contributed by atoms with Gasteiger partial charge in [-0.15, -0.1) is 0 Å². The number of hydrogen-bond acceptors (Lipinski definition) is 4. The third-order valence-corrected chi connectivity index (χ3v) is 4.22. The zero-order valence-electron chi connectivity index (χ0n) is 15.5. The Morgan fingerprint density at radius 3 is 2.28 bits per heavy atom. The first-order valence-electron chi connectivity index (χ1n) is 9.21. The van der Waals surface area contributed by atoms with Crippen molar-refractivity contribution in [1.82, 2.24) is 0 Å². The van der Waals surface area contributed by atoms with E-state index in [4.69, 9.17) is 20.3 Å². The van der Waals surface area contributed by atoms with Crippen LogP contribution in [-0.2, 0) is 32.2 Å². The molecule has 1 aliphatic heterocycles.